The van der Waals surface area contributed by atoms with Gasteiger partial charge in [-0.3, -0.25) is 0 Å². The lowest BCUT2D eigenvalue weighted by molar-refractivity contribution is 0.199. The van der Waals surface area contributed by atoms with Gasteiger partial charge in [0, 0.05) is 12.1 Å². The van der Waals surface area contributed by atoms with E-state index < -0.39 is 10.0 Å². The van der Waals surface area contributed by atoms with E-state index in [0.717, 1.165) is 35.8 Å². The van der Waals surface area contributed by atoms with Gasteiger partial charge in [-0.15, -0.1) is 11.3 Å². The van der Waals surface area contributed by atoms with Crippen LogP contribution in [0.2, 0.25) is 0 Å². The molecule has 0 radical (unpaired) electrons. The van der Waals surface area contributed by atoms with E-state index in [4.69, 9.17) is 0 Å². The monoisotopic (exact) mass is 364 g/mol. The Hall–Kier alpha value is 0.0500. The molecule has 19 heavy (non-hydrogen) atoms. The van der Waals surface area contributed by atoms with E-state index >= 15 is 0 Å². The summed E-state index contributed by atoms with van der Waals surface area (Å²) in [6.07, 6.45) is 4.48. The SMILES string of the molecule is O=S(=O)(NC1CCN(C2CC2)CC1)c1ccc(Br)s1. The normalized spacial score (nSPS) is 22.8. The van der Waals surface area contributed by atoms with Crippen molar-refractivity contribution in [1.29, 1.82) is 0 Å². The molecule has 2 aliphatic rings. The van der Waals surface area contributed by atoms with Crippen molar-refractivity contribution in [3.05, 3.63) is 15.9 Å². The van der Waals surface area contributed by atoms with Gasteiger partial charge in [-0.25, -0.2) is 13.1 Å². The fourth-order valence-electron chi connectivity index (χ4n) is 2.54. The van der Waals surface area contributed by atoms with Gasteiger partial charge in [-0.2, -0.15) is 0 Å². The Morgan fingerprint density at radius 2 is 1.89 bits per heavy atom. The van der Waals surface area contributed by atoms with Crippen LogP contribution in [0, 0.1) is 0 Å². The fraction of sp³-hybridized carbons (Fsp3) is 0.667. The Morgan fingerprint density at radius 1 is 1.21 bits per heavy atom. The molecule has 1 aromatic heterocycles. The largest absolute Gasteiger partial charge is 0.300 e. The number of piperidine rings is 1. The highest BCUT2D eigenvalue weighted by atomic mass is 79.9. The maximum Gasteiger partial charge on any atom is 0.250 e. The lowest BCUT2D eigenvalue weighted by Gasteiger charge is -2.32. The van der Waals surface area contributed by atoms with Gasteiger partial charge >= 0.3 is 0 Å². The number of hydrogen-bond acceptors (Lipinski definition) is 4. The van der Waals surface area contributed by atoms with Crippen LogP contribution in [0.1, 0.15) is 25.7 Å². The highest BCUT2D eigenvalue weighted by Gasteiger charge is 2.33. The average Bonchev–Trinajstić information content (AvgIpc) is 3.11. The Morgan fingerprint density at radius 3 is 2.42 bits per heavy atom. The van der Waals surface area contributed by atoms with Gasteiger partial charge in [-0.05, 0) is 66.8 Å². The molecule has 3 rings (SSSR count). The molecule has 1 aromatic rings. The zero-order valence-electron chi connectivity index (χ0n) is 10.5. The minimum atomic E-state index is -3.34. The van der Waals surface area contributed by atoms with Crippen molar-refractivity contribution in [2.45, 2.75) is 42.0 Å². The lowest BCUT2D eigenvalue weighted by Crippen LogP contribution is -2.45. The first kappa shape index (κ1) is 14.0. The molecule has 7 heteroatoms. The smallest absolute Gasteiger partial charge is 0.250 e. The number of nitrogens with one attached hydrogen (secondary N) is 1. The zero-order chi connectivity index (χ0) is 13.5. The van der Waals surface area contributed by atoms with Gasteiger partial charge in [-0.1, -0.05) is 0 Å². The fourth-order valence-corrected chi connectivity index (χ4v) is 5.87. The molecule has 0 spiro atoms. The van der Waals surface area contributed by atoms with Crippen molar-refractivity contribution >= 4 is 37.3 Å². The summed E-state index contributed by atoms with van der Waals surface area (Å²) in [7, 11) is -3.34. The lowest BCUT2D eigenvalue weighted by atomic mass is 10.1. The number of halogens is 1. The minimum Gasteiger partial charge on any atom is -0.300 e. The van der Waals surface area contributed by atoms with E-state index in [1.54, 1.807) is 12.1 Å². The summed E-state index contributed by atoms with van der Waals surface area (Å²) in [6, 6.07) is 4.29. The molecule has 2 heterocycles. The number of sulfonamides is 1. The molecule has 1 aliphatic carbocycles. The summed E-state index contributed by atoms with van der Waals surface area (Å²) >= 11 is 4.55. The number of rotatable bonds is 4. The zero-order valence-corrected chi connectivity index (χ0v) is 13.7. The maximum atomic E-state index is 12.2. The third kappa shape index (κ3) is 3.39. The molecule has 0 atom stereocenters. The third-order valence-corrected chi connectivity index (χ3v) is 7.36. The van der Waals surface area contributed by atoms with Gasteiger partial charge in [0.25, 0.3) is 0 Å². The second-order valence-corrected chi connectivity index (χ2v) is 9.63. The molecule has 0 bridgehead atoms. The summed E-state index contributed by atoms with van der Waals surface area (Å²) in [5.74, 6) is 0. The predicted molar refractivity (Wildman–Crippen MR) is 80.0 cm³/mol. The molecule has 0 unspecified atom stereocenters. The standard InChI is InChI=1S/C12H17BrN2O2S2/c13-11-3-4-12(18-11)19(16,17)14-9-5-7-15(8-6-9)10-1-2-10/h3-4,9-10,14H,1-2,5-8H2. The molecule has 106 valence electrons. The Balaban J connectivity index is 1.59. The molecule has 0 amide bonds. The molecule has 1 N–H and O–H groups in total. The quantitative estimate of drug-likeness (QED) is 0.892. The molecule has 1 aliphatic heterocycles. The van der Waals surface area contributed by atoms with E-state index in [1.165, 1.54) is 24.2 Å². The van der Waals surface area contributed by atoms with Crippen LogP contribution in [0.3, 0.4) is 0 Å². The van der Waals surface area contributed by atoms with Gasteiger partial charge in [0.05, 0.1) is 3.79 Å². The van der Waals surface area contributed by atoms with Crippen LogP contribution in [0.15, 0.2) is 20.1 Å². The van der Waals surface area contributed by atoms with Gasteiger partial charge in [0.1, 0.15) is 4.21 Å². The van der Waals surface area contributed by atoms with Crippen LogP contribution in [0.25, 0.3) is 0 Å². The molecule has 0 aromatic carbocycles. The maximum absolute atomic E-state index is 12.2. The van der Waals surface area contributed by atoms with Crippen molar-refractivity contribution in [2.75, 3.05) is 13.1 Å². The molecule has 2 fully saturated rings. The van der Waals surface area contributed by atoms with E-state index in [0.29, 0.717) is 4.21 Å². The number of thiophene rings is 1. The van der Waals surface area contributed by atoms with E-state index in [1.807, 2.05) is 0 Å². The number of nitrogens with zero attached hydrogens (tertiary/aromatic N) is 1. The van der Waals surface area contributed by atoms with Gasteiger partial charge in [0.15, 0.2) is 0 Å². The molecule has 1 saturated heterocycles. The number of hydrogen-bond donors (Lipinski definition) is 1. The Kier molecular flexibility index (Phi) is 4.01. The highest BCUT2D eigenvalue weighted by molar-refractivity contribution is 9.11. The van der Waals surface area contributed by atoms with Crippen molar-refractivity contribution in [3.8, 4) is 0 Å². The van der Waals surface area contributed by atoms with Crippen molar-refractivity contribution in [2.24, 2.45) is 0 Å². The van der Waals surface area contributed by atoms with Gasteiger partial charge < -0.3 is 4.90 Å². The van der Waals surface area contributed by atoms with Crippen LogP contribution in [0.4, 0.5) is 0 Å². The Bertz CT molecular complexity index is 546. The topological polar surface area (TPSA) is 49.4 Å². The first-order valence-electron chi connectivity index (χ1n) is 6.56. The van der Waals surface area contributed by atoms with Crippen LogP contribution in [0.5, 0.6) is 0 Å². The molecule has 1 saturated carbocycles. The van der Waals surface area contributed by atoms with E-state index in [-0.39, 0.29) is 6.04 Å². The van der Waals surface area contributed by atoms with Crippen molar-refractivity contribution in [1.82, 2.24) is 9.62 Å². The van der Waals surface area contributed by atoms with E-state index in [9.17, 15) is 8.42 Å². The van der Waals surface area contributed by atoms with Crippen molar-refractivity contribution in [3.63, 3.8) is 0 Å². The summed E-state index contributed by atoms with van der Waals surface area (Å²) in [4.78, 5) is 2.49. The number of likely N-dealkylation sites (tertiary alicyclic amines) is 1. The summed E-state index contributed by atoms with van der Waals surface area (Å²) in [5, 5.41) is 0. The molecular formula is C12H17BrN2O2S2. The second kappa shape index (κ2) is 5.44. The first-order valence-corrected chi connectivity index (χ1v) is 9.65. The summed E-state index contributed by atoms with van der Waals surface area (Å²) in [6.45, 7) is 2.04. The molecule has 4 nitrogen and oxygen atoms in total. The van der Waals surface area contributed by atoms with Gasteiger partial charge in [0.2, 0.25) is 10.0 Å². The Labute approximate surface area is 126 Å². The highest BCUT2D eigenvalue weighted by Crippen LogP contribution is 2.30. The van der Waals surface area contributed by atoms with Crippen LogP contribution >= 0.6 is 27.3 Å². The average molecular weight is 365 g/mol. The van der Waals surface area contributed by atoms with E-state index in [2.05, 4.69) is 25.6 Å². The van der Waals surface area contributed by atoms with Crippen LogP contribution < -0.4 is 4.72 Å². The predicted octanol–water partition coefficient (Wildman–Crippen LogP) is 2.42. The third-order valence-electron chi connectivity index (χ3n) is 3.73. The summed E-state index contributed by atoms with van der Waals surface area (Å²) in [5.41, 5.74) is 0. The van der Waals surface area contributed by atoms with Crippen LogP contribution in [-0.2, 0) is 10.0 Å². The van der Waals surface area contributed by atoms with Crippen molar-refractivity contribution < 1.29 is 8.42 Å². The minimum absolute atomic E-state index is 0.0841. The first-order chi connectivity index (χ1) is 9.04. The van der Waals surface area contributed by atoms with Crippen LogP contribution in [-0.4, -0.2) is 38.5 Å². The molecular weight excluding hydrogens is 348 g/mol. The second-order valence-electron chi connectivity index (χ2n) is 5.22. The summed E-state index contributed by atoms with van der Waals surface area (Å²) < 4.78 is 28.5.